The molecule has 172 valence electrons. The Bertz CT molecular complexity index is 1000. The van der Waals surface area contributed by atoms with Crippen LogP contribution in [0.25, 0.3) is 0 Å². The summed E-state index contributed by atoms with van der Waals surface area (Å²) in [7, 11) is -10.7. The van der Waals surface area contributed by atoms with Gasteiger partial charge in [0.05, 0.1) is 0 Å². The third-order valence-corrected chi connectivity index (χ3v) is 5.33. The summed E-state index contributed by atoms with van der Waals surface area (Å²) >= 11 is 0. The van der Waals surface area contributed by atoms with E-state index >= 15 is 0 Å². The van der Waals surface area contributed by atoms with Gasteiger partial charge in [-0.3, -0.25) is 4.58 Å². The number of halogens is 6. The predicted molar refractivity (Wildman–Crippen MR) is 112 cm³/mol. The molecule has 1 heterocycles. The maximum absolute atomic E-state index is 10.7. The Hall–Kier alpha value is -2.12. The van der Waals surface area contributed by atoms with E-state index in [-0.39, 0.29) is 12.1 Å². The number of fused-ring (bicyclic) bond motifs is 1. The van der Waals surface area contributed by atoms with Crippen molar-refractivity contribution in [1.29, 1.82) is 0 Å². The van der Waals surface area contributed by atoms with E-state index in [0.29, 0.717) is 0 Å². The van der Waals surface area contributed by atoms with Gasteiger partial charge in [-0.25, -0.2) is 4.90 Å². The van der Waals surface area contributed by atoms with Crippen LogP contribution >= 0.6 is 7.81 Å². The monoisotopic (exact) mass is 466 g/mol. The molecule has 2 unspecified atom stereocenters. The zero-order valence-corrected chi connectivity index (χ0v) is 18.3. The van der Waals surface area contributed by atoms with Crippen LogP contribution in [0.2, 0.25) is 0 Å². The second-order valence-corrected chi connectivity index (χ2v) is 10.1. The van der Waals surface area contributed by atoms with Gasteiger partial charge in [-0.1, -0.05) is 42.0 Å². The third kappa shape index (κ3) is 6.43. The number of hydrogen-bond acceptors (Lipinski definition) is 2. The van der Waals surface area contributed by atoms with Crippen LogP contribution < -0.4 is 4.90 Å². The van der Waals surface area contributed by atoms with E-state index in [9.17, 15) is 30.3 Å². The molecule has 0 spiro atoms. The van der Waals surface area contributed by atoms with E-state index in [2.05, 4.69) is 73.0 Å². The molecule has 0 bridgehead atoms. The quantitative estimate of drug-likeness (QED) is 0.310. The fraction of sp³-hybridized carbons (Fsp3) is 0.381. The SMILES string of the molecule is Cc1cc(C)c(N2C=[N+](C3c4ccccc4CC3O)CC2)c(C)c1.F[P-](F)(F)(F)(F)F. The van der Waals surface area contributed by atoms with Crippen LogP contribution in [-0.2, 0) is 6.42 Å². The van der Waals surface area contributed by atoms with Crippen LogP contribution in [0, 0.1) is 20.8 Å². The van der Waals surface area contributed by atoms with Crippen molar-refractivity contribution in [3.63, 3.8) is 0 Å². The molecule has 3 nitrogen and oxygen atoms in total. The molecular formula is C21H25F6N2OP. The Labute approximate surface area is 176 Å². The van der Waals surface area contributed by atoms with Crippen molar-refractivity contribution in [1.82, 2.24) is 0 Å². The summed E-state index contributed by atoms with van der Waals surface area (Å²) in [6, 6.07) is 13.0. The number of aryl methyl sites for hydroxylation is 3. The van der Waals surface area contributed by atoms with Crippen LogP contribution in [0.3, 0.4) is 0 Å². The number of aliphatic hydroxyl groups excluding tert-OH is 1. The molecule has 0 fully saturated rings. The van der Waals surface area contributed by atoms with Crippen molar-refractivity contribution >= 4 is 19.8 Å². The molecule has 0 saturated heterocycles. The predicted octanol–water partition coefficient (Wildman–Crippen LogP) is 6.51. The molecule has 2 aliphatic rings. The maximum atomic E-state index is 10.6. The fourth-order valence-corrected chi connectivity index (χ4v) is 4.48. The topological polar surface area (TPSA) is 26.5 Å². The van der Waals surface area contributed by atoms with Gasteiger partial charge in [0.1, 0.15) is 30.9 Å². The second kappa shape index (κ2) is 7.20. The third-order valence-electron chi connectivity index (χ3n) is 5.33. The average Bonchev–Trinajstić information content (AvgIpc) is 3.14. The number of benzene rings is 2. The second-order valence-electron chi connectivity index (χ2n) is 8.17. The summed E-state index contributed by atoms with van der Waals surface area (Å²) in [5.74, 6) is 0. The Morgan fingerprint density at radius 1 is 0.968 bits per heavy atom. The summed E-state index contributed by atoms with van der Waals surface area (Å²) in [6.07, 6.45) is 2.65. The van der Waals surface area contributed by atoms with Crippen molar-refractivity contribution in [2.45, 2.75) is 39.3 Å². The summed E-state index contributed by atoms with van der Waals surface area (Å²) < 4.78 is 61.5. The molecule has 1 aliphatic carbocycles. The molecular weight excluding hydrogens is 441 g/mol. The van der Waals surface area contributed by atoms with Gasteiger partial charge in [0.15, 0.2) is 0 Å². The van der Waals surface area contributed by atoms with Crippen LogP contribution in [0.15, 0.2) is 36.4 Å². The van der Waals surface area contributed by atoms with E-state index in [4.69, 9.17) is 0 Å². The van der Waals surface area contributed by atoms with Crippen molar-refractivity contribution in [2.24, 2.45) is 0 Å². The average molecular weight is 466 g/mol. The zero-order chi connectivity index (χ0) is 23.3. The van der Waals surface area contributed by atoms with Crippen LogP contribution in [0.4, 0.5) is 30.9 Å². The summed E-state index contributed by atoms with van der Waals surface area (Å²) in [4.78, 5) is 2.34. The molecule has 2 aromatic carbocycles. The Morgan fingerprint density at radius 3 is 2.10 bits per heavy atom. The van der Waals surface area contributed by atoms with Gasteiger partial charge in [-0.2, -0.15) is 0 Å². The number of anilines is 1. The fourth-order valence-electron chi connectivity index (χ4n) is 4.48. The summed E-state index contributed by atoms with van der Waals surface area (Å²) in [6.45, 7) is 8.44. The van der Waals surface area contributed by atoms with E-state index in [1.807, 2.05) is 0 Å². The molecule has 0 saturated carbocycles. The Kier molecular flexibility index (Phi) is 5.47. The van der Waals surface area contributed by atoms with Crippen molar-refractivity contribution in [3.8, 4) is 0 Å². The first-order valence-corrected chi connectivity index (χ1v) is 11.8. The standard InChI is InChI=1S/C21H25N2O.F6P/c1-14-10-15(2)20(16(3)11-14)22-8-9-23(13-22)21-18-7-5-4-6-17(18)12-19(21)24;1-7(2,3,4,5)6/h4-7,10-11,13,19,21,24H,8-9,12H2,1-3H3;/q+1;-1. The summed E-state index contributed by atoms with van der Waals surface area (Å²) in [5, 5.41) is 10.6. The molecule has 0 aromatic heterocycles. The number of hydrogen-bond donors (Lipinski definition) is 1. The summed E-state index contributed by atoms with van der Waals surface area (Å²) in [5.41, 5.74) is 7.81. The molecule has 0 amide bonds. The zero-order valence-electron chi connectivity index (χ0n) is 17.4. The van der Waals surface area contributed by atoms with Crippen LogP contribution in [-0.4, -0.2) is 35.2 Å². The minimum absolute atomic E-state index is 0.0808. The minimum atomic E-state index is -10.7. The number of nitrogens with zero attached hydrogens (tertiary/aromatic N) is 2. The van der Waals surface area contributed by atoms with Crippen molar-refractivity contribution in [3.05, 3.63) is 64.2 Å². The molecule has 31 heavy (non-hydrogen) atoms. The van der Waals surface area contributed by atoms with E-state index < -0.39 is 7.81 Å². The first-order valence-electron chi connectivity index (χ1n) is 9.77. The van der Waals surface area contributed by atoms with Crippen LogP contribution in [0.5, 0.6) is 0 Å². The molecule has 2 atom stereocenters. The van der Waals surface area contributed by atoms with E-state index in [0.717, 1.165) is 19.5 Å². The van der Waals surface area contributed by atoms with Crippen molar-refractivity contribution in [2.75, 3.05) is 18.0 Å². The van der Waals surface area contributed by atoms with Gasteiger partial charge in [0, 0.05) is 12.0 Å². The van der Waals surface area contributed by atoms with Crippen molar-refractivity contribution < 1.29 is 34.9 Å². The van der Waals surface area contributed by atoms with E-state index in [1.54, 1.807) is 0 Å². The van der Waals surface area contributed by atoms with Gasteiger partial charge >= 0.3 is 33.0 Å². The molecule has 1 aliphatic heterocycles. The Morgan fingerprint density at radius 2 is 1.52 bits per heavy atom. The van der Waals surface area contributed by atoms with Gasteiger partial charge in [0.25, 0.3) is 0 Å². The Balaban J connectivity index is 0.000000339. The molecule has 10 heteroatoms. The van der Waals surface area contributed by atoms with E-state index in [1.165, 1.54) is 33.5 Å². The van der Waals surface area contributed by atoms with Crippen LogP contribution in [0.1, 0.15) is 33.9 Å². The number of aliphatic hydroxyl groups is 1. The molecule has 4 rings (SSSR count). The molecule has 1 N–H and O–H groups in total. The number of rotatable bonds is 2. The van der Waals surface area contributed by atoms with Gasteiger partial charge in [-0.15, -0.1) is 0 Å². The van der Waals surface area contributed by atoms with Gasteiger partial charge in [0.2, 0.25) is 6.34 Å². The van der Waals surface area contributed by atoms with Gasteiger partial charge in [-0.05, 0) is 37.5 Å². The first kappa shape index (κ1) is 23.5. The molecule has 0 radical (unpaired) electrons. The first-order chi connectivity index (χ1) is 14.0. The normalized spacial score (nSPS) is 22.8. The van der Waals surface area contributed by atoms with Gasteiger partial charge < -0.3 is 5.11 Å². The molecule has 2 aromatic rings.